The van der Waals surface area contributed by atoms with Crippen LogP contribution in [0.2, 0.25) is 0 Å². The first-order valence-corrected chi connectivity index (χ1v) is 6.72. The Balaban J connectivity index is 1.73. The summed E-state index contributed by atoms with van der Waals surface area (Å²) in [6.45, 7) is 2.58. The van der Waals surface area contributed by atoms with Crippen LogP contribution in [0.4, 0.5) is 0 Å². The highest BCUT2D eigenvalue weighted by molar-refractivity contribution is 7.11. The van der Waals surface area contributed by atoms with E-state index in [9.17, 15) is 4.79 Å². The topological polar surface area (TPSA) is 59.4 Å². The number of aromatic nitrogens is 1. The van der Waals surface area contributed by atoms with Gasteiger partial charge in [-0.25, -0.2) is 4.98 Å². The summed E-state index contributed by atoms with van der Waals surface area (Å²) in [6.07, 6.45) is 5.25. The first-order valence-electron chi connectivity index (χ1n) is 5.91. The van der Waals surface area contributed by atoms with Crippen LogP contribution in [-0.2, 0) is 16.1 Å². The third-order valence-corrected chi connectivity index (χ3v) is 4.04. The van der Waals surface area contributed by atoms with Crippen molar-refractivity contribution in [1.29, 1.82) is 0 Å². The van der Waals surface area contributed by atoms with Gasteiger partial charge in [-0.3, -0.25) is 4.79 Å². The van der Waals surface area contributed by atoms with Gasteiger partial charge in [0, 0.05) is 6.20 Å². The van der Waals surface area contributed by atoms with Crippen molar-refractivity contribution in [2.24, 2.45) is 5.92 Å². The molecule has 1 N–H and O–H groups in total. The van der Waals surface area contributed by atoms with Crippen LogP contribution >= 0.6 is 11.3 Å². The number of hydrogen-bond acceptors (Lipinski definition) is 4. The summed E-state index contributed by atoms with van der Waals surface area (Å²) >= 11 is 1.65. The first-order chi connectivity index (χ1) is 8.15. The van der Waals surface area contributed by atoms with Gasteiger partial charge in [0.15, 0.2) is 0 Å². The molecule has 5 heteroatoms. The van der Waals surface area contributed by atoms with Gasteiger partial charge in [-0.1, -0.05) is 0 Å². The van der Waals surface area contributed by atoms with E-state index in [2.05, 4.69) is 4.98 Å². The Bertz CT molecular complexity index is 383. The van der Waals surface area contributed by atoms with Gasteiger partial charge >= 0.3 is 5.97 Å². The zero-order chi connectivity index (χ0) is 12.3. The summed E-state index contributed by atoms with van der Waals surface area (Å²) in [5, 5.41) is 9.94. The summed E-state index contributed by atoms with van der Waals surface area (Å²) in [6, 6.07) is 0. The van der Waals surface area contributed by atoms with E-state index in [1.165, 1.54) is 0 Å². The lowest BCUT2D eigenvalue weighted by Gasteiger charge is -2.25. The summed E-state index contributed by atoms with van der Waals surface area (Å²) < 4.78 is 5.79. The van der Waals surface area contributed by atoms with Crippen molar-refractivity contribution in [2.45, 2.75) is 45.3 Å². The van der Waals surface area contributed by atoms with Gasteiger partial charge in [0.25, 0.3) is 0 Å². The molecule has 2 rings (SSSR count). The Morgan fingerprint density at radius 1 is 1.53 bits per heavy atom. The van der Waals surface area contributed by atoms with Gasteiger partial charge < -0.3 is 9.84 Å². The molecule has 94 valence electrons. The Morgan fingerprint density at radius 2 is 2.24 bits per heavy atom. The molecular weight excluding hydrogens is 238 g/mol. The minimum absolute atomic E-state index is 0.166. The molecule has 0 spiro atoms. The third-order valence-electron chi connectivity index (χ3n) is 3.15. The van der Waals surface area contributed by atoms with Crippen LogP contribution in [-0.4, -0.2) is 22.2 Å². The van der Waals surface area contributed by atoms with Crippen LogP contribution < -0.4 is 0 Å². The molecule has 1 heterocycles. The second-order valence-electron chi connectivity index (χ2n) is 4.47. The molecule has 1 aliphatic carbocycles. The van der Waals surface area contributed by atoms with Crippen LogP contribution in [0.3, 0.4) is 0 Å². The number of nitrogens with zero attached hydrogens (tertiary/aromatic N) is 1. The van der Waals surface area contributed by atoms with Crippen molar-refractivity contribution >= 4 is 17.3 Å². The molecule has 0 aromatic carbocycles. The van der Waals surface area contributed by atoms with Gasteiger partial charge in [-0.2, -0.15) is 0 Å². The van der Waals surface area contributed by atoms with Crippen molar-refractivity contribution in [1.82, 2.24) is 4.98 Å². The van der Waals surface area contributed by atoms with Crippen molar-refractivity contribution in [3.63, 3.8) is 0 Å². The molecule has 1 aromatic heterocycles. The molecule has 1 aromatic rings. The molecule has 0 aliphatic heterocycles. The Hall–Kier alpha value is -0.940. The fourth-order valence-corrected chi connectivity index (χ4v) is 2.87. The van der Waals surface area contributed by atoms with Gasteiger partial charge in [0.05, 0.1) is 28.5 Å². The number of carboxylic acids is 1. The van der Waals surface area contributed by atoms with E-state index < -0.39 is 5.97 Å². The predicted octanol–water partition coefficient (Wildman–Crippen LogP) is 2.61. The highest BCUT2D eigenvalue weighted by atomic mass is 32.1. The first kappa shape index (κ1) is 12.5. The van der Waals surface area contributed by atoms with E-state index in [1.54, 1.807) is 11.3 Å². The SMILES string of the molecule is Cc1ncc(COC2CCC(C(=O)O)CC2)s1. The number of ether oxygens (including phenoxy) is 1. The lowest BCUT2D eigenvalue weighted by molar-refractivity contribution is -0.143. The maximum absolute atomic E-state index is 10.8. The largest absolute Gasteiger partial charge is 0.481 e. The number of aliphatic carboxylic acids is 1. The number of carboxylic acid groups (broad SMARTS) is 1. The van der Waals surface area contributed by atoms with Crippen LogP contribution in [0.25, 0.3) is 0 Å². The number of rotatable bonds is 4. The monoisotopic (exact) mass is 255 g/mol. The van der Waals surface area contributed by atoms with Crippen molar-refractivity contribution in [2.75, 3.05) is 0 Å². The summed E-state index contributed by atoms with van der Waals surface area (Å²) in [7, 11) is 0. The molecule has 0 amide bonds. The highest BCUT2D eigenvalue weighted by Crippen LogP contribution is 2.27. The molecule has 1 aliphatic rings. The molecule has 0 atom stereocenters. The predicted molar refractivity (Wildman–Crippen MR) is 65.0 cm³/mol. The molecule has 0 unspecified atom stereocenters. The van der Waals surface area contributed by atoms with Crippen molar-refractivity contribution in [3.05, 3.63) is 16.1 Å². The Labute approximate surface area is 105 Å². The van der Waals surface area contributed by atoms with E-state index >= 15 is 0 Å². The highest BCUT2D eigenvalue weighted by Gasteiger charge is 2.26. The van der Waals surface area contributed by atoms with Crippen LogP contribution in [0.1, 0.15) is 35.6 Å². The fraction of sp³-hybridized carbons (Fsp3) is 0.667. The molecule has 0 radical (unpaired) electrons. The maximum Gasteiger partial charge on any atom is 0.306 e. The summed E-state index contributed by atoms with van der Waals surface area (Å²) in [5.41, 5.74) is 0. The van der Waals surface area contributed by atoms with Gasteiger partial charge in [-0.15, -0.1) is 11.3 Å². The Kier molecular flexibility index (Phi) is 4.12. The van der Waals surface area contributed by atoms with Crippen LogP contribution in [0.5, 0.6) is 0 Å². The van der Waals surface area contributed by atoms with Crippen molar-refractivity contribution in [3.8, 4) is 0 Å². The van der Waals surface area contributed by atoms with E-state index in [0.717, 1.165) is 35.6 Å². The molecule has 1 fully saturated rings. The third kappa shape index (κ3) is 3.51. The molecule has 1 saturated carbocycles. The average Bonchev–Trinajstić information content (AvgIpc) is 2.73. The van der Waals surface area contributed by atoms with E-state index in [-0.39, 0.29) is 12.0 Å². The van der Waals surface area contributed by atoms with Crippen LogP contribution in [0.15, 0.2) is 6.20 Å². The molecule has 17 heavy (non-hydrogen) atoms. The number of hydrogen-bond donors (Lipinski definition) is 1. The lowest BCUT2D eigenvalue weighted by Crippen LogP contribution is -2.25. The zero-order valence-corrected chi connectivity index (χ0v) is 10.7. The molecule has 0 saturated heterocycles. The standard InChI is InChI=1S/C12H17NO3S/c1-8-13-6-11(17-8)7-16-10-4-2-9(3-5-10)12(14)15/h6,9-10H,2-5,7H2,1H3,(H,14,15). The normalized spacial score (nSPS) is 24.8. The zero-order valence-electron chi connectivity index (χ0n) is 9.89. The number of thiazole rings is 1. The van der Waals surface area contributed by atoms with Crippen molar-refractivity contribution < 1.29 is 14.6 Å². The smallest absolute Gasteiger partial charge is 0.306 e. The average molecular weight is 255 g/mol. The second kappa shape index (κ2) is 5.60. The second-order valence-corrected chi connectivity index (χ2v) is 5.79. The number of carbonyl (C=O) groups is 1. The molecular formula is C12H17NO3S. The van der Waals surface area contributed by atoms with Gasteiger partial charge in [-0.05, 0) is 32.6 Å². The number of aryl methyl sites for hydroxylation is 1. The van der Waals surface area contributed by atoms with Gasteiger partial charge in [0.1, 0.15) is 0 Å². The van der Waals surface area contributed by atoms with E-state index in [4.69, 9.17) is 9.84 Å². The summed E-state index contributed by atoms with van der Waals surface area (Å²) in [5.74, 6) is -0.831. The minimum atomic E-state index is -0.665. The quantitative estimate of drug-likeness (QED) is 0.898. The minimum Gasteiger partial charge on any atom is -0.481 e. The van der Waals surface area contributed by atoms with E-state index in [1.807, 2.05) is 13.1 Å². The summed E-state index contributed by atoms with van der Waals surface area (Å²) in [4.78, 5) is 16.1. The van der Waals surface area contributed by atoms with Gasteiger partial charge in [0.2, 0.25) is 0 Å². The van der Waals surface area contributed by atoms with Crippen LogP contribution in [0, 0.1) is 12.8 Å². The maximum atomic E-state index is 10.8. The molecule has 0 bridgehead atoms. The lowest BCUT2D eigenvalue weighted by atomic mass is 9.87. The Morgan fingerprint density at radius 3 is 2.76 bits per heavy atom. The van der Waals surface area contributed by atoms with E-state index in [0.29, 0.717) is 6.61 Å². The molecule has 4 nitrogen and oxygen atoms in total. The fourth-order valence-electron chi connectivity index (χ4n) is 2.15.